The molecule has 0 fully saturated rings. The van der Waals surface area contributed by atoms with E-state index in [-0.39, 0.29) is 0 Å². The third-order valence-electron chi connectivity index (χ3n) is 3.70. The zero-order valence-corrected chi connectivity index (χ0v) is 13.3. The standard InChI is InChI=1S/C15H34N2/c1-12(15(5,6)7)17(8)11-13(10-16)9-14(2,3)4/h12-13H,9-11,16H2,1-8H3. The average molecular weight is 242 g/mol. The smallest absolute Gasteiger partial charge is 0.0112 e. The maximum Gasteiger partial charge on any atom is 0.0112 e. The van der Waals surface area contributed by atoms with Crippen LogP contribution >= 0.6 is 0 Å². The predicted octanol–water partition coefficient (Wildman–Crippen LogP) is 3.36. The van der Waals surface area contributed by atoms with E-state index in [2.05, 4.69) is 60.4 Å². The Morgan fingerprint density at radius 3 is 1.82 bits per heavy atom. The second-order valence-corrected chi connectivity index (χ2v) is 7.85. The van der Waals surface area contributed by atoms with Crippen LogP contribution in [0.4, 0.5) is 0 Å². The van der Waals surface area contributed by atoms with Gasteiger partial charge >= 0.3 is 0 Å². The third-order valence-corrected chi connectivity index (χ3v) is 3.70. The van der Waals surface area contributed by atoms with E-state index in [0.717, 1.165) is 13.1 Å². The molecule has 0 rings (SSSR count). The molecule has 2 unspecified atom stereocenters. The first kappa shape index (κ1) is 16.9. The Morgan fingerprint density at radius 1 is 1.06 bits per heavy atom. The molecule has 0 aliphatic carbocycles. The van der Waals surface area contributed by atoms with Crippen molar-refractivity contribution in [2.45, 2.75) is 60.9 Å². The van der Waals surface area contributed by atoms with Crippen molar-refractivity contribution < 1.29 is 0 Å². The number of hydrogen-bond acceptors (Lipinski definition) is 2. The van der Waals surface area contributed by atoms with Gasteiger partial charge in [0.15, 0.2) is 0 Å². The van der Waals surface area contributed by atoms with E-state index in [9.17, 15) is 0 Å². The van der Waals surface area contributed by atoms with Gasteiger partial charge in [-0.3, -0.25) is 0 Å². The van der Waals surface area contributed by atoms with Crippen LogP contribution in [0.15, 0.2) is 0 Å². The van der Waals surface area contributed by atoms with Crippen molar-refractivity contribution >= 4 is 0 Å². The molecule has 0 aliphatic heterocycles. The summed E-state index contributed by atoms with van der Waals surface area (Å²) < 4.78 is 0. The minimum Gasteiger partial charge on any atom is -0.330 e. The maximum atomic E-state index is 5.91. The summed E-state index contributed by atoms with van der Waals surface area (Å²) in [6, 6.07) is 0.580. The third kappa shape index (κ3) is 7.05. The van der Waals surface area contributed by atoms with Crippen LogP contribution in [-0.4, -0.2) is 31.1 Å². The number of rotatable bonds is 5. The van der Waals surface area contributed by atoms with Gasteiger partial charge in [0.2, 0.25) is 0 Å². The summed E-state index contributed by atoms with van der Waals surface area (Å²) in [5.41, 5.74) is 6.61. The SMILES string of the molecule is CC(N(C)CC(CN)CC(C)(C)C)C(C)(C)C. The molecule has 0 saturated heterocycles. The highest BCUT2D eigenvalue weighted by atomic mass is 15.1. The zero-order valence-electron chi connectivity index (χ0n) is 13.3. The Hall–Kier alpha value is -0.0800. The van der Waals surface area contributed by atoms with Crippen molar-refractivity contribution in [1.29, 1.82) is 0 Å². The van der Waals surface area contributed by atoms with Crippen molar-refractivity contribution in [3.63, 3.8) is 0 Å². The molecule has 0 heterocycles. The van der Waals surface area contributed by atoms with E-state index in [1.165, 1.54) is 6.42 Å². The summed E-state index contributed by atoms with van der Waals surface area (Å²) in [5.74, 6) is 0.602. The Labute approximate surface area is 109 Å². The summed E-state index contributed by atoms with van der Waals surface area (Å²) in [6.45, 7) is 18.0. The van der Waals surface area contributed by atoms with Gasteiger partial charge in [-0.05, 0) is 43.7 Å². The highest BCUT2D eigenvalue weighted by Crippen LogP contribution is 2.27. The molecule has 0 aliphatic rings. The molecule has 0 spiro atoms. The molecular formula is C15H34N2. The molecule has 2 N–H and O–H groups in total. The van der Waals surface area contributed by atoms with Gasteiger partial charge in [0.25, 0.3) is 0 Å². The number of nitrogens with zero attached hydrogens (tertiary/aromatic N) is 1. The second kappa shape index (κ2) is 6.19. The van der Waals surface area contributed by atoms with E-state index >= 15 is 0 Å². The van der Waals surface area contributed by atoms with Crippen LogP contribution in [-0.2, 0) is 0 Å². The van der Waals surface area contributed by atoms with Crippen molar-refractivity contribution in [2.75, 3.05) is 20.1 Å². The van der Waals surface area contributed by atoms with E-state index in [1.54, 1.807) is 0 Å². The van der Waals surface area contributed by atoms with E-state index < -0.39 is 0 Å². The lowest BCUT2D eigenvalue weighted by atomic mass is 9.83. The number of hydrogen-bond donors (Lipinski definition) is 1. The second-order valence-electron chi connectivity index (χ2n) is 7.85. The van der Waals surface area contributed by atoms with Gasteiger partial charge in [-0.1, -0.05) is 41.5 Å². The van der Waals surface area contributed by atoms with Crippen LogP contribution in [0.3, 0.4) is 0 Å². The lowest BCUT2D eigenvalue weighted by Crippen LogP contribution is -2.43. The van der Waals surface area contributed by atoms with E-state index in [0.29, 0.717) is 22.8 Å². The zero-order chi connectivity index (χ0) is 13.9. The van der Waals surface area contributed by atoms with E-state index in [1.807, 2.05) is 0 Å². The van der Waals surface area contributed by atoms with Crippen LogP contribution in [0.2, 0.25) is 0 Å². The highest BCUT2D eigenvalue weighted by Gasteiger charge is 2.26. The van der Waals surface area contributed by atoms with Crippen LogP contribution in [0.1, 0.15) is 54.9 Å². The molecule has 2 atom stereocenters. The van der Waals surface area contributed by atoms with Crippen molar-refractivity contribution in [2.24, 2.45) is 22.5 Å². The first-order valence-electron chi connectivity index (χ1n) is 6.87. The largest absolute Gasteiger partial charge is 0.330 e. The predicted molar refractivity (Wildman–Crippen MR) is 78.2 cm³/mol. The Balaban J connectivity index is 4.38. The van der Waals surface area contributed by atoms with Gasteiger partial charge in [-0.15, -0.1) is 0 Å². The van der Waals surface area contributed by atoms with Crippen LogP contribution in [0.25, 0.3) is 0 Å². The Bertz CT molecular complexity index is 210. The monoisotopic (exact) mass is 242 g/mol. The van der Waals surface area contributed by atoms with Gasteiger partial charge in [0.1, 0.15) is 0 Å². The van der Waals surface area contributed by atoms with E-state index in [4.69, 9.17) is 5.73 Å². The topological polar surface area (TPSA) is 29.3 Å². The van der Waals surface area contributed by atoms with Gasteiger partial charge in [-0.25, -0.2) is 0 Å². The van der Waals surface area contributed by atoms with Gasteiger partial charge in [0.05, 0.1) is 0 Å². The van der Waals surface area contributed by atoms with Crippen LogP contribution in [0.5, 0.6) is 0 Å². The van der Waals surface area contributed by atoms with Gasteiger partial charge in [-0.2, -0.15) is 0 Å². The summed E-state index contributed by atoms with van der Waals surface area (Å²) in [7, 11) is 2.22. The van der Waals surface area contributed by atoms with Gasteiger partial charge < -0.3 is 10.6 Å². The minimum absolute atomic E-state index is 0.329. The average Bonchev–Trinajstić information content (AvgIpc) is 2.11. The molecule has 104 valence electrons. The molecule has 17 heavy (non-hydrogen) atoms. The quantitative estimate of drug-likeness (QED) is 0.801. The lowest BCUT2D eigenvalue weighted by Gasteiger charge is -2.38. The Kier molecular flexibility index (Phi) is 6.16. The Morgan fingerprint density at radius 2 is 1.53 bits per heavy atom. The summed E-state index contributed by atoms with van der Waals surface area (Å²) in [6.07, 6.45) is 1.20. The van der Waals surface area contributed by atoms with Crippen LogP contribution < -0.4 is 5.73 Å². The molecule has 0 amide bonds. The molecule has 0 saturated carbocycles. The first-order chi connectivity index (χ1) is 7.47. The van der Waals surface area contributed by atoms with Crippen molar-refractivity contribution in [3.05, 3.63) is 0 Å². The summed E-state index contributed by atoms with van der Waals surface area (Å²) in [4.78, 5) is 2.46. The van der Waals surface area contributed by atoms with Crippen molar-refractivity contribution in [3.8, 4) is 0 Å². The van der Waals surface area contributed by atoms with Gasteiger partial charge in [0, 0.05) is 12.6 Å². The summed E-state index contributed by atoms with van der Waals surface area (Å²) >= 11 is 0. The fourth-order valence-electron chi connectivity index (χ4n) is 2.31. The molecule has 2 heteroatoms. The lowest BCUT2D eigenvalue weighted by molar-refractivity contribution is 0.113. The summed E-state index contributed by atoms with van der Waals surface area (Å²) in [5, 5.41) is 0. The molecular weight excluding hydrogens is 208 g/mol. The maximum absolute atomic E-state index is 5.91. The molecule has 2 nitrogen and oxygen atoms in total. The first-order valence-corrected chi connectivity index (χ1v) is 6.87. The minimum atomic E-state index is 0.329. The molecule has 0 aromatic carbocycles. The van der Waals surface area contributed by atoms with Crippen LogP contribution in [0, 0.1) is 16.7 Å². The fraction of sp³-hybridized carbons (Fsp3) is 1.00. The highest BCUT2D eigenvalue weighted by molar-refractivity contribution is 4.80. The number of nitrogens with two attached hydrogens (primary N) is 1. The normalized spacial score (nSPS) is 17.3. The molecule has 0 aromatic rings. The molecule has 0 bridgehead atoms. The fourth-order valence-corrected chi connectivity index (χ4v) is 2.31. The molecule has 0 radical (unpaired) electrons. The molecule has 0 aromatic heterocycles. The van der Waals surface area contributed by atoms with Crippen molar-refractivity contribution in [1.82, 2.24) is 4.90 Å².